The normalized spacial score (nSPS) is 17.2. The van der Waals surface area contributed by atoms with Crippen molar-refractivity contribution in [3.8, 4) is 5.75 Å². The van der Waals surface area contributed by atoms with Gasteiger partial charge in [0, 0.05) is 49.2 Å². The fourth-order valence-electron chi connectivity index (χ4n) is 3.89. The molecule has 2 heterocycles. The lowest BCUT2D eigenvalue weighted by molar-refractivity contribution is -0.122. The van der Waals surface area contributed by atoms with Crippen LogP contribution < -0.4 is 15.0 Å². The van der Waals surface area contributed by atoms with E-state index in [-0.39, 0.29) is 18.0 Å². The van der Waals surface area contributed by atoms with Crippen LogP contribution in [-0.2, 0) is 4.79 Å². The first-order valence-electron chi connectivity index (χ1n) is 10.1. The number of carbonyl (C=O) groups excluding carboxylic acids is 1. The second-order valence-corrected chi connectivity index (χ2v) is 8.27. The molecule has 2 aromatic rings. The van der Waals surface area contributed by atoms with Crippen LogP contribution in [-0.4, -0.2) is 50.1 Å². The lowest BCUT2D eigenvalue weighted by Gasteiger charge is -2.42. The van der Waals surface area contributed by atoms with Crippen molar-refractivity contribution in [2.75, 3.05) is 38.2 Å². The second kappa shape index (κ2) is 9.94. The predicted octanol–water partition coefficient (Wildman–Crippen LogP) is 3.92. The lowest BCUT2D eigenvalue weighted by Crippen LogP contribution is -2.52. The first kappa shape index (κ1) is 20.7. The van der Waals surface area contributed by atoms with Crippen LogP contribution in [0.5, 0.6) is 5.75 Å². The molecule has 152 valence electrons. The number of hydrogen-bond acceptors (Lipinski definition) is 5. The maximum absolute atomic E-state index is 12.2. The third-order valence-corrected chi connectivity index (χ3v) is 6.26. The Morgan fingerprint density at radius 3 is 2.46 bits per heavy atom. The van der Waals surface area contributed by atoms with Crippen molar-refractivity contribution < 1.29 is 9.53 Å². The van der Waals surface area contributed by atoms with Gasteiger partial charge in [-0.05, 0) is 49.1 Å². The Morgan fingerprint density at radius 1 is 1.18 bits per heavy atom. The second-order valence-electron chi connectivity index (χ2n) is 7.29. The highest BCUT2D eigenvalue weighted by molar-refractivity contribution is 7.10. The molecule has 0 aliphatic carbocycles. The summed E-state index contributed by atoms with van der Waals surface area (Å²) in [6, 6.07) is 12.9. The maximum atomic E-state index is 12.2. The molecule has 0 spiro atoms. The van der Waals surface area contributed by atoms with Gasteiger partial charge >= 0.3 is 0 Å². The van der Waals surface area contributed by atoms with Crippen LogP contribution in [0.2, 0.25) is 0 Å². The average molecular weight is 402 g/mol. The van der Waals surface area contributed by atoms with Crippen molar-refractivity contribution in [3.05, 3.63) is 46.7 Å². The van der Waals surface area contributed by atoms with Gasteiger partial charge in [-0.2, -0.15) is 0 Å². The Hall–Kier alpha value is -2.05. The van der Waals surface area contributed by atoms with E-state index in [0.717, 1.165) is 38.3 Å². The molecule has 1 aliphatic rings. The molecule has 0 saturated carbocycles. The largest absolute Gasteiger partial charge is 0.497 e. The number of carbonyl (C=O) groups is 1. The number of nitrogens with one attached hydrogen (secondary N) is 1. The van der Waals surface area contributed by atoms with Crippen molar-refractivity contribution in [3.63, 3.8) is 0 Å². The summed E-state index contributed by atoms with van der Waals surface area (Å²) in [5, 5.41) is 5.34. The fourth-order valence-corrected chi connectivity index (χ4v) is 4.85. The molecular formula is C22H31N3O2S. The summed E-state index contributed by atoms with van der Waals surface area (Å²) < 4.78 is 5.26. The molecule has 2 atom stereocenters. The molecule has 5 nitrogen and oxygen atoms in total. The van der Waals surface area contributed by atoms with E-state index in [0.29, 0.717) is 6.42 Å². The molecule has 0 unspecified atom stereocenters. The number of piperazine rings is 1. The minimum absolute atomic E-state index is 0.0882. The molecule has 1 aromatic heterocycles. The van der Waals surface area contributed by atoms with Crippen LogP contribution in [0.25, 0.3) is 0 Å². The minimum atomic E-state index is 0.0882. The first-order valence-corrected chi connectivity index (χ1v) is 11.0. The van der Waals surface area contributed by atoms with Crippen LogP contribution in [0.1, 0.15) is 37.6 Å². The van der Waals surface area contributed by atoms with Crippen molar-refractivity contribution in [2.45, 2.75) is 38.8 Å². The van der Waals surface area contributed by atoms with Crippen molar-refractivity contribution in [1.82, 2.24) is 10.2 Å². The Kier molecular flexibility index (Phi) is 7.34. The van der Waals surface area contributed by atoms with Crippen LogP contribution >= 0.6 is 11.3 Å². The van der Waals surface area contributed by atoms with Gasteiger partial charge in [-0.1, -0.05) is 13.0 Å². The fraction of sp³-hybridized carbons (Fsp3) is 0.500. The van der Waals surface area contributed by atoms with E-state index in [1.807, 2.05) is 19.1 Å². The van der Waals surface area contributed by atoms with Crippen LogP contribution in [0.4, 0.5) is 5.69 Å². The predicted molar refractivity (Wildman–Crippen MR) is 116 cm³/mol. The Morgan fingerprint density at radius 2 is 1.89 bits per heavy atom. The highest BCUT2D eigenvalue weighted by Crippen LogP contribution is 2.30. The van der Waals surface area contributed by atoms with Gasteiger partial charge in [-0.15, -0.1) is 11.3 Å². The summed E-state index contributed by atoms with van der Waals surface area (Å²) in [7, 11) is 1.69. The third-order valence-electron chi connectivity index (χ3n) is 5.32. The zero-order chi connectivity index (χ0) is 19.9. The van der Waals surface area contributed by atoms with Gasteiger partial charge in [0.05, 0.1) is 13.2 Å². The Balaban J connectivity index is 1.66. The van der Waals surface area contributed by atoms with Crippen molar-refractivity contribution in [1.29, 1.82) is 0 Å². The molecule has 1 amide bonds. The number of hydrogen-bond donors (Lipinski definition) is 1. The zero-order valence-electron chi connectivity index (χ0n) is 17.1. The summed E-state index contributed by atoms with van der Waals surface area (Å²) in [5.41, 5.74) is 1.23. The molecule has 28 heavy (non-hydrogen) atoms. The topological polar surface area (TPSA) is 44.8 Å². The summed E-state index contributed by atoms with van der Waals surface area (Å²) in [5.74, 6) is 1.03. The van der Waals surface area contributed by atoms with E-state index in [2.05, 4.69) is 51.7 Å². The molecule has 1 fully saturated rings. The SMILES string of the molecule is CCCC(=O)N[C@H](C)[C@H](c1cccs1)N1CCN(c2ccc(OC)cc2)CC1. The van der Waals surface area contributed by atoms with E-state index in [1.165, 1.54) is 10.6 Å². The van der Waals surface area contributed by atoms with E-state index in [9.17, 15) is 4.79 Å². The number of methoxy groups -OCH3 is 1. The number of amides is 1. The molecule has 1 N–H and O–H groups in total. The third kappa shape index (κ3) is 5.06. The van der Waals surface area contributed by atoms with E-state index in [1.54, 1.807) is 18.4 Å². The first-order chi connectivity index (χ1) is 13.6. The number of nitrogens with zero attached hydrogens (tertiary/aromatic N) is 2. The van der Waals surface area contributed by atoms with Gasteiger partial charge in [0.25, 0.3) is 0 Å². The standard InChI is InChI=1S/C22H31N3O2S/c1-4-6-21(26)23-17(2)22(20-7-5-16-28-20)25-14-12-24(13-15-25)18-8-10-19(27-3)11-9-18/h5,7-11,16-17,22H,4,6,12-15H2,1-3H3,(H,23,26)/t17-,22-/m1/s1. The number of rotatable bonds is 8. The molecule has 0 bridgehead atoms. The quantitative estimate of drug-likeness (QED) is 0.728. The van der Waals surface area contributed by atoms with Gasteiger partial charge in [0.1, 0.15) is 5.75 Å². The summed E-state index contributed by atoms with van der Waals surface area (Å²) in [6.07, 6.45) is 1.47. The molecule has 0 radical (unpaired) electrons. The minimum Gasteiger partial charge on any atom is -0.497 e. The molecule has 1 aromatic carbocycles. The molecule has 1 saturated heterocycles. The zero-order valence-corrected chi connectivity index (χ0v) is 17.9. The van der Waals surface area contributed by atoms with Gasteiger partial charge < -0.3 is 15.0 Å². The molecule has 1 aliphatic heterocycles. The van der Waals surface area contributed by atoms with Crippen LogP contribution in [0.3, 0.4) is 0 Å². The summed E-state index contributed by atoms with van der Waals surface area (Å²) in [6.45, 7) is 8.08. The smallest absolute Gasteiger partial charge is 0.220 e. The highest BCUT2D eigenvalue weighted by atomic mass is 32.1. The number of thiophene rings is 1. The van der Waals surface area contributed by atoms with Gasteiger partial charge in [0.15, 0.2) is 0 Å². The van der Waals surface area contributed by atoms with Crippen molar-refractivity contribution >= 4 is 22.9 Å². The van der Waals surface area contributed by atoms with Crippen LogP contribution in [0, 0.1) is 0 Å². The molecule has 3 rings (SSSR count). The van der Waals surface area contributed by atoms with Gasteiger partial charge in [-0.3, -0.25) is 9.69 Å². The number of anilines is 1. The lowest BCUT2D eigenvalue weighted by atomic mass is 10.0. The van der Waals surface area contributed by atoms with Gasteiger partial charge in [0.2, 0.25) is 5.91 Å². The van der Waals surface area contributed by atoms with E-state index < -0.39 is 0 Å². The molecular weight excluding hydrogens is 370 g/mol. The summed E-state index contributed by atoms with van der Waals surface area (Å²) in [4.78, 5) is 18.4. The van der Waals surface area contributed by atoms with E-state index in [4.69, 9.17) is 4.74 Å². The Labute approximate surface area is 172 Å². The number of ether oxygens (including phenoxy) is 1. The highest BCUT2D eigenvalue weighted by Gasteiger charge is 2.30. The van der Waals surface area contributed by atoms with E-state index >= 15 is 0 Å². The average Bonchev–Trinajstić information content (AvgIpc) is 3.23. The maximum Gasteiger partial charge on any atom is 0.220 e. The van der Waals surface area contributed by atoms with Gasteiger partial charge in [-0.25, -0.2) is 0 Å². The van der Waals surface area contributed by atoms with Crippen molar-refractivity contribution in [2.24, 2.45) is 0 Å². The van der Waals surface area contributed by atoms with Crippen LogP contribution in [0.15, 0.2) is 41.8 Å². The number of benzene rings is 1. The monoisotopic (exact) mass is 401 g/mol. The summed E-state index contributed by atoms with van der Waals surface area (Å²) >= 11 is 1.77. The Bertz CT molecular complexity index is 725. The molecule has 6 heteroatoms.